The van der Waals surface area contributed by atoms with Crippen molar-refractivity contribution >= 4 is 39.2 Å². The van der Waals surface area contributed by atoms with Crippen LogP contribution in [0.4, 0.5) is 29.3 Å². The highest BCUT2D eigenvalue weighted by Crippen LogP contribution is 2.26. The molecular formula is C22H17BrF3N3O2. The lowest BCUT2D eigenvalue weighted by Gasteiger charge is -2.12. The van der Waals surface area contributed by atoms with Crippen LogP contribution in [0.1, 0.15) is 21.5 Å². The molecule has 0 radical (unpaired) electrons. The minimum atomic E-state index is -0.752. The van der Waals surface area contributed by atoms with Gasteiger partial charge in [0.2, 0.25) is 0 Å². The second kappa shape index (κ2) is 9.65. The van der Waals surface area contributed by atoms with Gasteiger partial charge in [0.25, 0.3) is 5.91 Å². The summed E-state index contributed by atoms with van der Waals surface area (Å²) in [5.74, 6) is -2.13. The van der Waals surface area contributed by atoms with Gasteiger partial charge in [-0.3, -0.25) is 4.79 Å². The number of carbonyl (C=O) groups excluding carboxylic acids is 2. The molecule has 0 fully saturated rings. The molecule has 0 aromatic heterocycles. The first-order valence-electron chi connectivity index (χ1n) is 9.09. The third kappa shape index (κ3) is 5.85. The van der Waals surface area contributed by atoms with Crippen molar-refractivity contribution in [2.24, 2.45) is 0 Å². The highest BCUT2D eigenvalue weighted by molar-refractivity contribution is 9.10. The van der Waals surface area contributed by atoms with Crippen molar-refractivity contribution in [1.29, 1.82) is 0 Å². The molecule has 0 bridgehead atoms. The standard InChI is InChI=1S/C22H17BrF3N3O2/c1-12-8-15(6-7-18(12)25)28-21(30)16-9-20(19(26)10-17(16)23)29-22(31)27-11-13-2-4-14(24)5-3-13/h2-10H,11H2,1H3,(H,28,30)(H2,27,29,31). The van der Waals surface area contributed by atoms with E-state index in [9.17, 15) is 22.8 Å². The molecule has 0 atom stereocenters. The molecule has 3 amide bonds. The van der Waals surface area contributed by atoms with Gasteiger partial charge in [0.1, 0.15) is 17.5 Å². The van der Waals surface area contributed by atoms with Gasteiger partial charge < -0.3 is 16.0 Å². The Kier molecular flexibility index (Phi) is 6.96. The summed E-state index contributed by atoms with van der Waals surface area (Å²) in [4.78, 5) is 24.7. The van der Waals surface area contributed by atoms with Crippen LogP contribution in [0.25, 0.3) is 0 Å². The normalized spacial score (nSPS) is 10.5. The van der Waals surface area contributed by atoms with Crippen molar-refractivity contribution in [3.63, 3.8) is 0 Å². The van der Waals surface area contributed by atoms with E-state index in [1.54, 1.807) is 6.92 Å². The van der Waals surface area contributed by atoms with Gasteiger partial charge in [-0.25, -0.2) is 18.0 Å². The van der Waals surface area contributed by atoms with Gasteiger partial charge in [-0.1, -0.05) is 12.1 Å². The van der Waals surface area contributed by atoms with E-state index in [0.29, 0.717) is 16.8 Å². The summed E-state index contributed by atoms with van der Waals surface area (Å²) in [5.41, 5.74) is 1.24. The van der Waals surface area contributed by atoms with Gasteiger partial charge in [0, 0.05) is 16.7 Å². The summed E-state index contributed by atoms with van der Waals surface area (Å²) in [6.07, 6.45) is 0. The highest BCUT2D eigenvalue weighted by Gasteiger charge is 2.17. The van der Waals surface area contributed by atoms with E-state index in [0.717, 1.165) is 6.07 Å². The fraction of sp³-hybridized carbons (Fsp3) is 0.0909. The molecule has 3 aromatic rings. The van der Waals surface area contributed by atoms with E-state index >= 15 is 0 Å². The van der Waals surface area contributed by atoms with Gasteiger partial charge in [-0.15, -0.1) is 0 Å². The Balaban J connectivity index is 1.70. The Morgan fingerprint density at radius 2 is 1.61 bits per heavy atom. The average molecular weight is 492 g/mol. The van der Waals surface area contributed by atoms with Gasteiger partial charge in [-0.05, 0) is 76.4 Å². The van der Waals surface area contributed by atoms with Crippen LogP contribution in [-0.2, 0) is 6.54 Å². The zero-order valence-electron chi connectivity index (χ0n) is 16.2. The highest BCUT2D eigenvalue weighted by atomic mass is 79.9. The van der Waals surface area contributed by atoms with E-state index in [1.807, 2.05) is 0 Å². The number of halogens is 4. The smallest absolute Gasteiger partial charge is 0.319 e. The first kappa shape index (κ1) is 22.4. The molecule has 0 unspecified atom stereocenters. The lowest BCUT2D eigenvalue weighted by molar-refractivity contribution is 0.102. The largest absolute Gasteiger partial charge is 0.334 e. The Hall–Kier alpha value is -3.33. The average Bonchev–Trinajstić information content (AvgIpc) is 2.72. The van der Waals surface area contributed by atoms with Gasteiger partial charge in [0.05, 0.1) is 11.3 Å². The second-order valence-corrected chi connectivity index (χ2v) is 7.52. The fourth-order valence-electron chi connectivity index (χ4n) is 2.69. The number of amides is 3. The molecule has 0 heterocycles. The van der Waals surface area contributed by atoms with Crippen molar-refractivity contribution in [2.45, 2.75) is 13.5 Å². The molecule has 31 heavy (non-hydrogen) atoms. The molecule has 0 aliphatic heterocycles. The Bertz CT molecular complexity index is 1140. The number of benzene rings is 3. The Labute approximate surface area is 184 Å². The van der Waals surface area contributed by atoms with Crippen LogP contribution in [-0.4, -0.2) is 11.9 Å². The number of urea groups is 1. The number of aryl methyl sites for hydroxylation is 1. The number of nitrogens with one attached hydrogen (secondary N) is 3. The van der Waals surface area contributed by atoms with Crippen LogP contribution in [0.5, 0.6) is 0 Å². The molecule has 5 nitrogen and oxygen atoms in total. The first-order chi connectivity index (χ1) is 14.7. The van der Waals surface area contributed by atoms with E-state index in [2.05, 4.69) is 31.9 Å². The summed E-state index contributed by atoms with van der Waals surface area (Å²) < 4.78 is 40.8. The van der Waals surface area contributed by atoms with Crippen LogP contribution in [0, 0.1) is 24.4 Å². The minimum Gasteiger partial charge on any atom is -0.334 e. The van der Waals surface area contributed by atoms with E-state index in [-0.39, 0.29) is 22.3 Å². The van der Waals surface area contributed by atoms with Crippen LogP contribution < -0.4 is 16.0 Å². The summed E-state index contributed by atoms with van der Waals surface area (Å²) in [5, 5.41) is 7.47. The molecule has 3 aromatic carbocycles. The number of carbonyl (C=O) groups is 2. The van der Waals surface area contributed by atoms with E-state index in [4.69, 9.17) is 0 Å². The molecule has 3 N–H and O–H groups in total. The maximum atomic E-state index is 14.3. The molecule has 0 aliphatic rings. The van der Waals surface area contributed by atoms with Crippen LogP contribution in [0.15, 0.2) is 59.1 Å². The Morgan fingerprint density at radius 3 is 2.29 bits per heavy atom. The quantitative estimate of drug-likeness (QED) is 0.425. The van der Waals surface area contributed by atoms with E-state index in [1.165, 1.54) is 48.5 Å². The molecule has 0 spiro atoms. The molecule has 0 saturated heterocycles. The lowest BCUT2D eigenvalue weighted by Crippen LogP contribution is -2.28. The van der Waals surface area contributed by atoms with Crippen molar-refractivity contribution < 1.29 is 22.8 Å². The molecule has 3 rings (SSSR count). The van der Waals surface area contributed by atoms with Crippen molar-refractivity contribution in [3.8, 4) is 0 Å². The van der Waals surface area contributed by atoms with Gasteiger partial charge in [0.15, 0.2) is 0 Å². The second-order valence-electron chi connectivity index (χ2n) is 6.66. The predicted octanol–water partition coefficient (Wildman–Crippen LogP) is 5.75. The van der Waals surface area contributed by atoms with Crippen LogP contribution >= 0.6 is 15.9 Å². The summed E-state index contributed by atoms with van der Waals surface area (Å²) >= 11 is 3.13. The topological polar surface area (TPSA) is 70.2 Å². The number of hydrogen-bond acceptors (Lipinski definition) is 2. The minimum absolute atomic E-state index is 0.0669. The van der Waals surface area contributed by atoms with E-state index < -0.39 is 29.4 Å². The van der Waals surface area contributed by atoms with Crippen molar-refractivity contribution in [1.82, 2.24) is 5.32 Å². The van der Waals surface area contributed by atoms with Crippen LogP contribution in [0.3, 0.4) is 0 Å². The maximum absolute atomic E-state index is 14.3. The zero-order valence-corrected chi connectivity index (χ0v) is 17.8. The summed E-state index contributed by atoms with van der Waals surface area (Å²) in [7, 11) is 0. The van der Waals surface area contributed by atoms with Crippen molar-refractivity contribution in [3.05, 3.63) is 93.2 Å². The van der Waals surface area contributed by atoms with Crippen molar-refractivity contribution in [2.75, 3.05) is 10.6 Å². The SMILES string of the molecule is Cc1cc(NC(=O)c2cc(NC(=O)NCc3ccc(F)cc3)c(F)cc2Br)ccc1F. The molecule has 9 heteroatoms. The first-order valence-corrected chi connectivity index (χ1v) is 9.88. The lowest BCUT2D eigenvalue weighted by atomic mass is 10.1. The molecule has 0 aliphatic carbocycles. The molecule has 0 saturated carbocycles. The van der Waals surface area contributed by atoms with Gasteiger partial charge in [-0.2, -0.15) is 0 Å². The maximum Gasteiger partial charge on any atom is 0.319 e. The van der Waals surface area contributed by atoms with Crippen LogP contribution in [0.2, 0.25) is 0 Å². The number of anilines is 2. The zero-order chi connectivity index (χ0) is 22.5. The predicted molar refractivity (Wildman–Crippen MR) is 115 cm³/mol. The summed E-state index contributed by atoms with van der Waals surface area (Å²) in [6, 6.07) is 11.2. The Morgan fingerprint density at radius 1 is 0.903 bits per heavy atom. The molecule has 160 valence electrons. The number of hydrogen-bond donors (Lipinski definition) is 3. The third-order valence-electron chi connectivity index (χ3n) is 4.33. The van der Waals surface area contributed by atoms with Gasteiger partial charge >= 0.3 is 6.03 Å². The monoisotopic (exact) mass is 491 g/mol. The summed E-state index contributed by atoms with van der Waals surface area (Å²) in [6.45, 7) is 1.66. The fourth-order valence-corrected chi connectivity index (χ4v) is 3.19. The number of rotatable bonds is 5. The third-order valence-corrected chi connectivity index (χ3v) is 4.99. The molecular weight excluding hydrogens is 475 g/mol.